The van der Waals surface area contributed by atoms with Gasteiger partial charge in [-0.1, -0.05) is 11.6 Å². The molecule has 0 spiro atoms. The van der Waals surface area contributed by atoms with Gasteiger partial charge < -0.3 is 10.4 Å². The third kappa shape index (κ3) is 2.48. The number of hydrogen-bond acceptors (Lipinski definition) is 2. The number of rotatable bonds is 4. The van der Waals surface area contributed by atoms with E-state index in [9.17, 15) is 4.39 Å². The molecule has 82 valence electrons. The molecule has 1 fully saturated rings. The topological polar surface area (TPSA) is 32.3 Å². The van der Waals surface area contributed by atoms with Crippen molar-refractivity contribution in [1.82, 2.24) is 5.32 Å². The average Bonchev–Trinajstić information content (AvgIpc) is 3.00. The molecular formula is C11H13ClFNO. The van der Waals surface area contributed by atoms with E-state index in [2.05, 4.69) is 5.32 Å². The van der Waals surface area contributed by atoms with Gasteiger partial charge in [-0.2, -0.15) is 0 Å². The summed E-state index contributed by atoms with van der Waals surface area (Å²) in [6.07, 6.45) is 1.90. The molecule has 2 nitrogen and oxygen atoms in total. The van der Waals surface area contributed by atoms with Crippen molar-refractivity contribution in [3.63, 3.8) is 0 Å². The Kier molecular flexibility index (Phi) is 2.96. The summed E-state index contributed by atoms with van der Waals surface area (Å²) in [5, 5.41) is 12.8. The van der Waals surface area contributed by atoms with E-state index in [-0.39, 0.29) is 18.0 Å². The molecule has 0 heterocycles. The summed E-state index contributed by atoms with van der Waals surface area (Å²) in [5.41, 5.74) is 0.372. The molecule has 0 atom stereocenters. The smallest absolute Gasteiger partial charge is 0.127 e. The van der Waals surface area contributed by atoms with E-state index in [0.717, 1.165) is 12.8 Å². The van der Waals surface area contributed by atoms with Crippen molar-refractivity contribution in [3.05, 3.63) is 34.6 Å². The van der Waals surface area contributed by atoms with E-state index in [0.29, 0.717) is 17.1 Å². The SMILES string of the molecule is OCC1(NCc2cc(Cl)ccc2F)CC1. The van der Waals surface area contributed by atoms with Crippen molar-refractivity contribution < 1.29 is 9.50 Å². The first-order valence-corrected chi connectivity index (χ1v) is 5.33. The first-order valence-electron chi connectivity index (χ1n) is 4.95. The maximum Gasteiger partial charge on any atom is 0.127 e. The molecule has 15 heavy (non-hydrogen) atoms. The summed E-state index contributed by atoms with van der Waals surface area (Å²) in [7, 11) is 0. The van der Waals surface area contributed by atoms with Gasteiger partial charge in [0.2, 0.25) is 0 Å². The molecule has 2 rings (SSSR count). The van der Waals surface area contributed by atoms with Gasteiger partial charge in [0.1, 0.15) is 5.82 Å². The van der Waals surface area contributed by atoms with Crippen LogP contribution in [-0.2, 0) is 6.54 Å². The van der Waals surface area contributed by atoms with Crippen LogP contribution in [0.5, 0.6) is 0 Å². The fraction of sp³-hybridized carbons (Fsp3) is 0.455. The van der Waals surface area contributed by atoms with E-state index in [1.54, 1.807) is 6.07 Å². The van der Waals surface area contributed by atoms with Gasteiger partial charge in [-0.3, -0.25) is 0 Å². The first-order chi connectivity index (χ1) is 7.15. The lowest BCUT2D eigenvalue weighted by Gasteiger charge is -2.14. The van der Waals surface area contributed by atoms with Gasteiger partial charge in [0.15, 0.2) is 0 Å². The number of hydrogen-bond donors (Lipinski definition) is 2. The average molecular weight is 230 g/mol. The lowest BCUT2D eigenvalue weighted by Crippen LogP contribution is -2.34. The third-order valence-corrected chi connectivity index (χ3v) is 3.05. The molecule has 0 unspecified atom stereocenters. The first kappa shape index (κ1) is 10.9. The molecule has 0 bridgehead atoms. The van der Waals surface area contributed by atoms with Crippen LogP contribution in [0.1, 0.15) is 18.4 Å². The van der Waals surface area contributed by atoms with Gasteiger partial charge in [0.05, 0.1) is 6.61 Å². The van der Waals surface area contributed by atoms with Crippen molar-refractivity contribution in [2.75, 3.05) is 6.61 Å². The molecule has 1 aliphatic rings. The third-order valence-electron chi connectivity index (χ3n) is 2.82. The van der Waals surface area contributed by atoms with Crippen LogP contribution in [0, 0.1) is 5.82 Å². The standard InChI is InChI=1S/C11H13ClFNO/c12-9-1-2-10(13)8(5-9)6-14-11(7-15)3-4-11/h1-2,5,14-15H,3-4,6-7H2. The van der Waals surface area contributed by atoms with Crippen molar-refractivity contribution in [2.24, 2.45) is 0 Å². The summed E-state index contributed by atoms with van der Waals surface area (Å²) in [4.78, 5) is 0. The molecule has 2 N–H and O–H groups in total. The zero-order valence-corrected chi connectivity index (χ0v) is 9.02. The number of aliphatic hydroxyl groups excluding tert-OH is 1. The van der Waals surface area contributed by atoms with E-state index < -0.39 is 0 Å². The van der Waals surface area contributed by atoms with Crippen LogP contribution in [-0.4, -0.2) is 17.3 Å². The van der Waals surface area contributed by atoms with E-state index in [1.165, 1.54) is 12.1 Å². The van der Waals surface area contributed by atoms with E-state index in [4.69, 9.17) is 16.7 Å². The number of benzene rings is 1. The van der Waals surface area contributed by atoms with Gasteiger partial charge in [0.25, 0.3) is 0 Å². The Bertz CT molecular complexity index is 366. The summed E-state index contributed by atoms with van der Waals surface area (Å²) in [6, 6.07) is 4.49. The largest absolute Gasteiger partial charge is 0.394 e. The molecule has 1 saturated carbocycles. The zero-order chi connectivity index (χ0) is 10.9. The highest BCUT2D eigenvalue weighted by Crippen LogP contribution is 2.35. The minimum absolute atomic E-state index is 0.106. The van der Waals surface area contributed by atoms with E-state index in [1.807, 2.05) is 0 Å². The molecule has 1 aromatic carbocycles. The van der Waals surface area contributed by atoms with Crippen LogP contribution in [0.2, 0.25) is 5.02 Å². The predicted molar refractivity (Wildman–Crippen MR) is 57.3 cm³/mol. The van der Waals surface area contributed by atoms with Crippen LogP contribution in [0.15, 0.2) is 18.2 Å². The predicted octanol–water partition coefficient (Wildman–Crippen LogP) is 2.09. The lowest BCUT2D eigenvalue weighted by atomic mass is 10.2. The van der Waals surface area contributed by atoms with Crippen LogP contribution in [0.25, 0.3) is 0 Å². The number of aliphatic hydroxyl groups is 1. The second-order valence-electron chi connectivity index (χ2n) is 4.03. The maximum absolute atomic E-state index is 13.3. The Labute approximate surface area is 93.1 Å². The molecule has 0 aliphatic heterocycles. The van der Waals surface area contributed by atoms with Gasteiger partial charge in [-0.25, -0.2) is 4.39 Å². The highest BCUT2D eigenvalue weighted by Gasteiger charge is 2.41. The monoisotopic (exact) mass is 229 g/mol. The molecule has 0 radical (unpaired) electrons. The molecule has 0 saturated heterocycles. The summed E-state index contributed by atoms with van der Waals surface area (Å²) in [5.74, 6) is -0.263. The van der Waals surface area contributed by atoms with Crippen molar-refractivity contribution >= 4 is 11.6 Å². The molecule has 0 aromatic heterocycles. The number of halogens is 2. The second-order valence-corrected chi connectivity index (χ2v) is 4.46. The Morgan fingerprint density at radius 3 is 2.80 bits per heavy atom. The summed E-state index contributed by atoms with van der Waals surface area (Å²) in [6.45, 7) is 0.516. The van der Waals surface area contributed by atoms with E-state index >= 15 is 0 Å². The minimum atomic E-state index is -0.263. The van der Waals surface area contributed by atoms with Crippen molar-refractivity contribution in [3.8, 4) is 0 Å². The van der Waals surface area contributed by atoms with Crippen molar-refractivity contribution in [2.45, 2.75) is 24.9 Å². The van der Waals surface area contributed by atoms with Crippen LogP contribution in [0.3, 0.4) is 0 Å². The summed E-state index contributed by atoms with van der Waals surface area (Å²) < 4.78 is 13.3. The maximum atomic E-state index is 13.3. The Morgan fingerprint density at radius 1 is 1.47 bits per heavy atom. The Morgan fingerprint density at radius 2 is 2.20 bits per heavy atom. The highest BCUT2D eigenvalue weighted by atomic mass is 35.5. The lowest BCUT2D eigenvalue weighted by molar-refractivity contribution is 0.229. The summed E-state index contributed by atoms with van der Waals surface area (Å²) >= 11 is 5.77. The second kappa shape index (κ2) is 4.08. The van der Waals surface area contributed by atoms with Crippen LogP contribution in [0.4, 0.5) is 4.39 Å². The Hall–Kier alpha value is -0.640. The van der Waals surface area contributed by atoms with Gasteiger partial charge in [-0.05, 0) is 31.0 Å². The fourth-order valence-corrected chi connectivity index (χ4v) is 1.70. The zero-order valence-electron chi connectivity index (χ0n) is 8.26. The molecule has 0 amide bonds. The molecule has 1 aliphatic carbocycles. The normalized spacial score (nSPS) is 17.8. The molecule has 4 heteroatoms. The quantitative estimate of drug-likeness (QED) is 0.829. The fourth-order valence-electron chi connectivity index (χ4n) is 1.50. The highest BCUT2D eigenvalue weighted by molar-refractivity contribution is 6.30. The number of nitrogens with one attached hydrogen (secondary N) is 1. The van der Waals surface area contributed by atoms with Crippen LogP contribution < -0.4 is 5.32 Å². The van der Waals surface area contributed by atoms with Gasteiger partial charge in [-0.15, -0.1) is 0 Å². The van der Waals surface area contributed by atoms with Gasteiger partial charge in [0, 0.05) is 22.7 Å². The minimum Gasteiger partial charge on any atom is -0.394 e. The molecule has 1 aromatic rings. The Balaban J connectivity index is 2.01. The molecular weight excluding hydrogens is 217 g/mol. The van der Waals surface area contributed by atoms with Crippen LogP contribution >= 0.6 is 11.6 Å². The van der Waals surface area contributed by atoms with Gasteiger partial charge >= 0.3 is 0 Å². The van der Waals surface area contributed by atoms with Crippen molar-refractivity contribution in [1.29, 1.82) is 0 Å².